The number of nitrogens with one attached hydrogen (secondary N) is 1. The summed E-state index contributed by atoms with van der Waals surface area (Å²) in [6.45, 7) is -0.0518. The normalized spacial score (nSPS) is 12.2. The Labute approximate surface area is 125 Å². The third kappa shape index (κ3) is 3.39. The summed E-state index contributed by atoms with van der Waals surface area (Å²) in [5.74, 6) is -1.29. The van der Waals surface area contributed by atoms with E-state index < -0.39 is 17.7 Å². The predicted octanol–water partition coefficient (Wildman–Crippen LogP) is 4.42. The van der Waals surface area contributed by atoms with Crippen LogP contribution >= 0.6 is 23.2 Å². The van der Waals surface area contributed by atoms with Gasteiger partial charge in [-0.05, 0) is 30.3 Å². The second-order valence-electron chi connectivity index (χ2n) is 4.16. The fraction of sp³-hybridized carbons (Fsp3) is 0.143. The van der Waals surface area contributed by atoms with E-state index in [1.807, 2.05) is 0 Å². The number of hydrogen-bond acceptors (Lipinski definition) is 2. The third-order valence-electron chi connectivity index (χ3n) is 2.75. The van der Waals surface area contributed by atoms with Crippen LogP contribution in [0.2, 0.25) is 10.0 Å². The van der Waals surface area contributed by atoms with Crippen LogP contribution in [0.3, 0.4) is 0 Å². The average molecular weight is 318 g/mol. The van der Waals surface area contributed by atoms with Crippen LogP contribution in [0.5, 0.6) is 0 Å². The molecule has 2 aromatic carbocycles. The minimum atomic E-state index is -1.22. The zero-order chi connectivity index (χ0) is 14.7. The molecule has 106 valence electrons. The zero-order valence-electron chi connectivity index (χ0n) is 10.2. The number of aliphatic hydroxyl groups is 1. The van der Waals surface area contributed by atoms with E-state index in [4.69, 9.17) is 23.2 Å². The van der Waals surface area contributed by atoms with E-state index in [0.29, 0.717) is 15.7 Å². The van der Waals surface area contributed by atoms with Gasteiger partial charge >= 0.3 is 0 Å². The van der Waals surface area contributed by atoms with Crippen LogP contribution < -0.4 is 5.32 Å². The summed E-state index contributed by atoms with van der Waals surface area (Å²) in [5.41, 5.74) is 0.312. The van der Waals surface area contributed by atoms with Crippen molar-refractivity contribution < 1.29 is 13.9 Å². The molecule has 1 atom stereocenters. The number of aliphatic hydroxyl groups excluding tert-OH is 1. The Morgan fingerprint density at radius 3 is 2.40 bits per heavy atom. The number of halogens is 4. The molecule has 0 spiro atoms. The van der Waals surface area contributed by atoms with E-state index in [-0.39, 0.29) is 12.1 Å². The van der Waals surface area contributed by atoms with Crippen molar-refractivity contribution in [2.75, 3.05) is 11.9 Å². The van der Waals surface area contributed by atoms with Crippen molar-refractivity contribution in [3.8, 4) is 0 Å². The van der Waals surface area contributed by atoms with E-state index in [0.717, 1.165) is 18.2 Å². The van der Waals surface area contributed by atoms with Crippen LogP contribution in [0.15, 0.2) is 36.4 Å². The van der Waals surface area contributed by atoms with Gasteiger partial charge in [0.15, 0.2) is 0 Å². The lowest BCUT2D eigenvalue weighted by Crippen LogP contribution is -2.14. The topological polar surface area (TPSA) is 32.3 Å². The molecule has 2 N–H and O–H groups in total. The fourth-order valence-electron chi connectivity index (χ4n) is 1.75. The first-order valence-corrected chi connectivity index (χ1v) is 6.55. The van der Waals surface area contributed by atoms with E-state index >= 15 is 0 Å². The summed E-state index contributed by atoms with van der Waals surface area (Å²) < 4.78 is 26.6. The maximum absolute atomic E-state index is 13.5. The van der Waals surface area contributed by atoms with Gasteiger partial charge in [-0.15, -0.1) is 0 Å². The Morgan fingerprint density at radius 1 is 1.10 bits per heavy atom. The van der Waals surface area contributed by atoms with Crippen molar-refractivity contribution in [3.63, 3.8) is 0 Å². The Kier molecular flexibility index (Phi) is 4.81. The van der Waals surface area contributed by atoms with Crippen molar-refractivity contribution in [1.29, 1.82) is 0 Å². The fourth-order valence-corrected chi connectivity index (χ4v) is 2.28. The highest BCUT2D eigenvalue weighted by Gasteiger charge is 2.15. The van der Waals surface area contributed by atoms with E-state index in [2.05, 4.69) is 5.32 Å². The zero-order valence-corrected chi connectivity index (χ0v) is 11.7. The summed E-state index contributed by atoms with van der Waals surface area (Å²) in [6, 6.07) is 7.85. The molecule has 0 aliphatic carbocycles. The summed E-state index contributed by atoms with van der Waals surface area (Å²) in [4.78, 5) is 0. The molecule has 0 aliphatic rings. The molecular weight excluding hydrogens is 307 g/mol. The molecular formula is C14H11Cl2F2NO. The van der Waals surface area contributed by atoms with Crippen molar-refractivity contribution in [3.05, 3.63) is 63.6 Å². The molecule has 0 radical (unpaired) electrons. The molecule has 0 heterocycles. The SMILES string of the molecule is OC(CNc1c(Cl)cccc1Cl)c1cc(F)ccc1F. The first-order chi connectivity index (χ1) is 9.49. The third-order valence-corrected chi connectivity index (χ3v) is 3.38. The van der Waals surface area contributed by atoms with Crippen molar-refractivity contribution >= 4 is 28.9 Å². The average Bonchev–Trinajstić information content (AvgIpc) is 2.40. The quantitative estimate of drug-likeness (QED) is 0.875. The Bertz CT molecular complexity index is 602. The minimum absolute atomic E-state index is 0.0518. The molecule has 0 saturated carbocycles. The number of hydrogen-bond donors (Lipinski definition) is 2. The smallest absolute Gasteiger partial charge is 0.129 e. The lowest BCUT2D eigenvalue weighted by Gasteiger charge is -2.15. The van der Waals surface area contributed by atoms with Gasteiger partial charge in [-0.1, -0.05) is 29.3 Å². The summed E-state index contributed by atoms with van der Waals surface area (Å²) in [6.07, 6.45) is -1.22. The number of benzene rings is 2. The largest absolute Gasteiger partial charge is 0.386 e. The van der Waals surface area contributed by atoms with Crippen molar-refractivity contribution in [1.82, 2.24) is 0 Å². The van der Waals surface area contributed by atoms with Crippen molar-refractivity contribution in [2.45, 2.75) is 6.10 Å². The molecule has 1 unspecified atom stereocenters. The second-order valence-corrected chi connectivity index (χ2v) is 4.97. The van der Waals surface area contributed by atoms with Crippen LogP contribution in [0.1, 0.15) is 11.7 Å². The molecule has 6 heteroatoms. The summed E-state index contributed by atoms with van der Waals surface area (Å²) >= 11 is 11.9. The standard InChI is InChI=1S/C14H11Cl2F2NO/c15-10-2-1-3-11(16)14(10)19-7-13(20)9-6-8(17)4-5-12(9)18/h1-6,13,19-20H,7H2. The molecule has 2 aromatic rings. The van der Waals surface area contributed by atoms with E-state index in [1.54, 1.807) is 18.2 Å². The van der Waals surface area contributed by atoms with Gasteiger partial charge in [-0.25, -0.2) is 8.78 Å². The first kappa shape index (κ1) is 15.0. The molecule has 0 aromatic heterocycles. The molecule has 2 nitrogen and oxygen atoms in total. The van der Waals surface area contributed by atoms with Gasteiger partial charge < -0.3 is 10.4 Å². The lowest BCUT2D eigenvalue weighted by molar-refractivity contribution is 0.186. The Balaban J connectivity index is 2.13. The maximum atomic E-state index is 13.5. The molecule has 2 rings (SSSR count). The van der Waals surface area contributed by atoms with Gasteiger partial charge in [0.2, 0.25) is 0 Å². The van der Waals surface area contributed by atoms with Gasteiger partial charge in [0.1, 0.15) is 11.6 Å². The van der Waals surface area contributed by atoms with Crippen LogP contribution in [0.25, 0.3) is 0 Å². The van der Waals surface area contributed by atoms with Gasteiger partial charge in [-0.3, -0.25) is 0 Å². The summed E-state index contributed by atoms with van der Waals surface area (Å²) in [7, 11) is 0. The highest BCUT2D eigenvalue weighted by molar-refractivity contribution is 6.39. The van der Waals surface area contributed by atoms with E-state index in [9.17, 15) is 13.9 Å². The number of anilines is 1. The molecule has 0 fully saturated rings. The first-order valence-electron chi connectivity index (χ1n) is 5.80. The van der Waals surface area contributed by atoms with Crippen LogP contribution in [-0.4, -0.2) is 11.7 Å². The van der Waals surface area contributed by atoms with Gasteiger partial charge in [-0.2, -0.15) is 0 Å². The van der Waals surface area contributed by atoms with Crippen LogP contribution in [-0.2, 0) is 0 Å². The summed E-state index contributed by atoms with van der Waals surface area (Å²) in [5, 5.41) is 13.5. The Hall–Kier alpha value is -1.36. The van der Waals surface area contributed by atoms with Gasteiger partial charge in [0.05, 0.1) is 21.8 Å². The minimum Gasteiger partial charge on any atom is -0.386 e. The molecule has 0 aliphatic heterocycles. The molecule has 0 bridgehead atoms. The van der Waals surface area contributed by atoms with E-state index in [1.165, 1.54) is 0 Å². The molecule has 0 amide bonds. The monoisotopic (exact) mass is 317 g/mol. The predicted molar refractivity (Wildman–Crippen MR) is 76.3 cm³/mol. The van der Waals surface area contributed by atoms with Crippen LogP contribution in [0.4, 0.5) is 14.5 Å². The molecule has 0 saturated heterocycles. The van der Waals surface area contributed by atoms with Gasteiger partial charge in [0.25, 0.3) is 0 Å². The number of rotatable bonds is 4. The maximum Gasteiger partial charge on any atom is 0.129 e. The number of para-hydroxylation sites is 1. The molecule has 20 heavy (non-hydrogen) atoms. The van der Waals surface area contributed by atoms with Gasteiger partial charge in [0, 0.05) is 12.1 Å². The second kappa shape index (κ2) is 6.39. The Morgan fingerprint density at radius 2 is 1.75 bits per heavy atom. The van der Waals surface area contributed by atoms with Crippen LogP contribution in [0, 0.1) is 11.6 Å². The lowest BCUT2D eigenvalue weighted by atomic mass is 10.1. The highest BCUT2D eigenvalue weighted by Crippen LogP contribution is 2.30. The highest BCUT2D eigenvalue weighted by atomic mass is 35.5. The van der Waals surface area contributed by atoms with Crippen molar-refractivity contribution in [2.24, 2.45) is 0 Å².